The van der Waals surface area contributed by atoms with Gasteiger partial charge in [0.2, 0.25) is 5.91 Å². The largest absolute Gasteiger partial charge is 0.478 e. The lowest BCUT2D eigenvalue weighted by Crippen LogP contribution is -2.48. The number of aromatic carboxylic acids is 1. The minimum Gasteiger partial charge on any atom is -0.478 e. The maximum absolute atomic E-state index is 12.5. The van der Waals surface area contributed by atoms with Crippen molar-refractivity contribution in [2.45, 2.75) is 6.04 Å². The number of rotatable bonds is 5. The van der Waals surface area contributed by atoms with Crippen molar-refractivity contribution in [3.8, 4) is 0 Å². The lowest BCUT2D eigenvalue weighted by molar-refractivity contribution is -0.123. The molecule has 126 valence electrons. The van der Waals surface area contributed by atoms with Crippen molar-refractivity contribution in [1.29, 1.82) is 0 Å². The number of carbonyl (C=O) groups excluding carboxylic acids is 2. The van der Waals surface area contributed by atoms with Gasteiger partial charge in [-0.25, -0.2) is 4.79 Å². The molecule has 2 amide bonds. The number of carboxylic acid groups (broad SMARTS) is 1. The van der Waals surface area contributed by atoms with Crippen LogP contribution in [0.5, 0.6) is 0 Å². The molecule has 23 heavy (non-hydrogen) atoms. The van der Waals surface area contributed by atoms with Crippen LogP contribution < -0.4 is 16.4 Å². The number of nitrogens with two attached hydrogens (primary N) is 1. The number of carboxylic acids is 1. The summed E-state index contributed by atoms with van der Waals surface area (Å²) in [6, 6.07) is -1.15. The predicted molar refractivity (Wildman–Crippen MR) is 108 cm³/mol. The highest BCUT2D eigenvalue weighted by molar-refractivity contribution is 14.1. The normalized spacial score (nSPS) is 11.7. The standard InChI is InChI=1S/C12H12I3N3O5/c1-17-10(20)3(2-19)18-11(21)4-6(13)5(12(22)23)8(15)9(16)7(4)14/h3,19H,2,16H2,1H3,(H,17,20)(H,18,21)(H,22,23)/t3-/m0/s1. The first-order valence-corrected chi connectivity index (χ1v) is 9.23. The van der Waals surface area contributed by atoms with Gasteiger partial charge in [-0.2, -0.15) is 0 Å². The fourth-order valence-corrected chi connectivity index (χ4v) is 5.79. The Morgan fingerprint density at radius 1 is 1.13 bits per heavy atom. The van der Waals surface area contributed by atoms with Gasteiger partial charge in [-0.1, -0.05) is 0 Å². The molecule has 0 bridgehead atoms. The van der Waals surface area contributed by atoms with Gasteiger partial charge in [0.1, 0.15) is 6.04 Å². The van der Waals surface area contributed by atoms with Crippen LogP contribution in [0, 0.1) is 10.7 Å². The number of aliphatic hydroxyl groups is 1. The average Bonchev–Trinajstić information content (AvgIpc) is 2.49. The van der Waals surface area contributed by atoms with E-state index in [2.05, 4.69) is 10.6 Å². The van der Waals surface area contributed by atoms with Crippen molar-refractivity contribution in [2.24, 2.45) is 0 Å². The second-order valence-electron chi connectivity index (χ2n) is 4.23. The van der Waals surface area contributed by atoms with Gasteiger partial charge >= 0.3 is 5.97 Å². The SMILES string of the molecule is CNC(=O)[C@H](CO)NC(=O)c1c(I)c(N)c(I)c(C(=O)O)c1I. The van der Waals surface area contributed by atoms with Gasteiger partial charge in [-0.05, 0) is 67.8 Å². The molecule has 0 aliphatic rings. The number of nitrogens with one attached hydrogen (secondary N) is 2. The Labute approximate surface area is 172 Å². The van der Waals surface area contributed by atoms with Crippen LogP contribution in [0.4, 0.5) is 5.69 Å². The summed E-state index contributed by atoms with van der Waals surface area (Å²) in [6.45, 7) is -0.593. The van der Waals surface area contributed by atoms with Crippen LogP contribution in [-0.4, -0.2) is 47.7 Å². The molecule has 0 heterocycles. The summed E-state index contributed by atoms with van der Waals surface area (Å²) in [5.41, 5.74) is 6.05. The van der Waals surface area contributed by atoms with E-state index in [1.807, 2.05) is 45.2 Å². The molecule has 1 aromatic rings. The Kier molecular flexibility index (Phi) is 7.72. The highest BCUT2D eigenvalue weighted by Gasteiger charge is 2.28. The molecule has 6 N–H and O–H groups in total. The number of aliphatic hydroxyl groups excluding tert-OH is 1. The minimum absolute atomic E-state index is 0.0591. The quantitative estimate of drug-likeness (QED) is 0.232. The van der Waals surface area contributed by atoms with Crippen LogP contribution in [0.15, 0.2) is 0 Å². The van der Waals surface area contributed by atoms with E-state index >= 15 is 0 Å². The molecule has 1 atom stereocenters. The molecule has 0 aromatic heterocycles. The van der Waals surface area contributed by atoms with E-state index in [0.29, 0.717) is 7.14 Å². The molecule has 1 aromatic carbocycles. The van der Waals surface area contributed by atoms with Crippen LogP contribution in [0.3, 0.4) is 0 Å². The number of amides is 2. The topological polar surface area (TPSA) is 142 Å². The molecular formula is C12H12I3N3O5. The van der Waals surface area contributed by atoms with Gasteiger partial charge in [0.05, 0.1) is 30.6 Å². The molecule has 0 radical (unpaired) electrons. The molecule has 0 fully saturated rings. The molecule has 0 saturated heterocycles. The second kappa shape index (κ2) is 8.61. The Morgan fingerprint density at radius 2 is 1.65 bits per heavy atom. The van der Waals surface area contributed by atoms with Crippen LogP contribution in [-0.2, 0) is 4.79 Å². The summed E-state index contributed by atoms with van der Waals surface area (Å²) in [7, 11) is 1.37. The number of halogens is 3. The smallest absolute Gasteiger partial charge is 0.337 e. The molecule has 1 rings (SSSR count). The zero-order valence-corrected chi connectivity index (χ0v) is 18.1. The van der Waals surface area contributed by atoms with Crippen molar-refractivity contribution in [2.75, 3.05) is 19.4 Å². The molecule has 0 aliphatic carbocycles. The number of likely N-dealkylation sites (N-methyl/N-ethyl adjacent to an activating group) is 1. The third-order valence-electron chi connectivity index (χ3n) is 2.84. The Hall–Kier alpha value is -0.420. The fraction of sp³-hybridized carbons (Fsp3) is 0.250. The van der Waals surface area contributed by atoms with E-state index in [9.17, 15) is 24.6 Å². The van der Waals surface area contributed by atoms with Gasteiger partial charge in [0, 0.05) is 10.6 Å². The molecule has 0 unspecified atom stereocenters. The third-order valence-corrected chi connectivity index (χ3v) is 6.16. The first kappa shape index (κ1) is 20.6. The van der Waals surface area contributed by atoms with Crippen molar-refractivity contribution in [1.82, 2.24) is 10.6 Å². The summed E-state index contributed by atoms with van der Waals surface area (Å²) in [5.74, 6) is -2.46. The molecule has 11 heteroatoms. The van der Waals surface area contributed by atoms with Crippen LogP contribution in [0.1, 0.15) is 20.7 Å². The summed E-state index contributed by atoms with van der Waals surface area (Å²) >= 11 is 5.41. The Morgan fingerprint density at radius 3 is 2.09 bits per heavy atom. The zero-order valence-electron chi connectivity index (χ0n) is 11.6. The maximum Gasteiger partial charge on any atom is 0.337 e. The van der Waals surface area contributed by atoms with Crippen molar-refractivity contribution in [3.05, 3.63) is 21.8 Å². The molecule has 8 nitrogen and oxygen atoms in total. The lowest BCUT2D eigenvalue weighted by Gasteiger charge is -2.18. The minimum atomic E-state index is -1.21. The number of benzene rings is 1. The van der Waals surface area contributed by atoms with Crippen LogP contribution in [0.2, 0.25) is 0 Å². The van der Waals surface area contributed by atoms with Gasteiger partial charge in [0.15, 0.2) is 0 Å². The van der Waals surface area contributed by atoms with Crippen molar-refractivity contribution >= 4 is 91.2 Å². The Bertz CT molecular complexity index is 681. The fourth-order valence-electron chi connectivity index (χ4n) is 1.67. The number of hydrogen-bond acceptors (Lipinski definition) is 5. The highest BCUT2D eigenvalue weighted by Crippen LogP contribution is 2.33. The summed E-state index contributed by atoms with van der Waals surface area (Å²) in [4.78, 5) is 35.4. The molecule has 0 spiro atoms. The first-order chi connectivity index (χ1) is 10.7. The highest BCUT2D eigenvalue weighted by atomic mass is 127. The first-order valence-electron chi connectivity index (χ1n) is 5.99. The van der Waals surface area contributed by atoms with E-state index in [4.69, 9.17) is 5.73 Å². The summed E-state index contributed by atoms with van der Waals surface area (Å²) < 4.78 is 0.933. The average molecular weight is 659 g/mol. The van der Waals surface area contributed by atoms with E-state index in [1.165, 1.54) is 7.05 Å². The van der Waals surface area contributed by atoms with E-state index < -0.39 is 30.4 Å². The molecule has 0 aliphatic heterocycles. The summed E-state index contributed by atoms with van der Waals surface area (Å²) in [5, 5.41) is 23.2. The van der Waals surface area contributed by atoms with Gasteiger partial charge in [0.25, 0.3) is 5.91 Å². The second-order valence-corrected chi connectivity index (χ2v) is 7.47. The van der Waals surface area contributed by atoms with Gasteiger partial charge < -0.3 is 26.6 Å². The monoisotopic (exact) mass is 659 g/mol. The lowest BCUT2D eigenvalue weighted by atomic mass is 10.1. The number of anilines is 1. The summed E-state index contributed by atoms with van der Waals surface area (Å²) in [6.07, 6.45) is 0. The number of carbonyl (C=O) groups is 3. The molecule has 0 saturated carbocycles. The number of nitrogen functional groups attached to an aromatic ring is 1. The number of hydrogen-bond donors (Lipinski definition) is 5. The molecular weight excluding hydrogens is 647 g/mol. The van der Waals surface area contributed by atoms with E-state index in [-0.39, 0.29) is 20.4 Å². The van der Waals surface area contributed by atoms with E-state index in [1.54, 1.807) is 22.6 Å². The van der Waals surface area contributed by atoms with Crippen LogP contribution in [0.25, 0.3) is 0 Å². The van der Waals surface area contributed by atoms with Gasteiger partial charge in [-0.3, -0.25) is 9.59 Å². The third kappa shape index (κ3) is 4.36. The predicted octanol–water partition coefficient (Wildman–Crippen LogP) is 0.617. The zero-order chi connectivity index (χ0) is 17.9. The maximum atomic E-state index is 12.5. The van der Waals surface area contributed by atoms with E-state index in [0.717, 1.165) is 0 Å². The van der Waals surface area contributed by atoms with Gasteiger partial charge in [-0.15, -0.1) is 0 Å². The van der Waals surface area contributed by atoms with Crippen LogP contribution >= 0.6 is 67.8 Å². The van der Waals surface area contributed by atoms with Crippen molar-refractivity contribution in [3.63, 3.8) is 0 Å². The Balaban J connectivity index is 3.40. The van der Waals surface area contributed by atoms with Crippen molar-refractivity contribution < 1.29 is 24.6 Å².